The van der Waals surface area contributed by atoms with Gasteiger partial charge in [0.1, 0.15) is 11.4 Å². The Hall–Kier alpha value is -1.95. The average molecular weight is 266 g/mol. The Balaban J connectivity index is 2.16. The zero-order valence-corrected chi connectivity index (χ0v) is 10.3. The maximum absolute atomic E-state index is 13.4. The van der Waals surface area contributed by atoms with Crippen LogP contribution in [0.25, 0.3) is 0 Å². The van der Waals surface area contributed by atoms with Crippen molar-refractivity contribution in [3.63, 3.8) is 0 Å². The Kier molecular flexibility index (Phi) is 4.11. The molecule has 0 bridgehead atoms. The van der Waals surface area contributed by atoms with E-state index in [1.165, 1.54) is 12.1 Å². The van der Waals surface area contributed by atoms with E-state index >= 15 is 0 Å². The van der Waals surface area contributed by atoms with Crippen molar-refractivity contribution < 1.29 is 19.1 Å². The van der Waals surface area contributed by atoms with E-state index in [-0.39, 0.29) is 17.6 Å². The van der Waals surface area contributed by atoms with Gasteiger partial charge in [0, 0.05) is 0 Å². The lowest BCUT2D eigenvalue weighted by Crippen LogP contribution is -2.43. The molecule has 1 heterocycles. The second-order valence-electron chi connectivity index (χ2n) is 4.46. The summed E-state index contributed by atoms with van der Waals surface area (Å²) in [7, 11) is 0. The topological polar surface area (TPSA) is 78.4 Å². The maximum Gasteiger partial charge on any atom is 0.340 e. The zero-order chi connectivity index (χ0) is 13.8. The molecule has 1 amide bonds. The van der Waals surface area contributed by atoms with Crippen LogP contribution in [0.4, 0.5) is 10.1 Å². The zero-order valence-electron chi connectivity index (χ0n) is 10.3. The van der Waals surface area contributed by atoms with E-state index in [0.717, 1.165) is 25.5 Å². The van der Waals surface area contributed by atoms with Gasteiger partial charge in [-0.15, -0.1) is 0 Å². The molecule has 0 unspecified atom stereocenters. The van der Waals surface area contributed by atoms with E-state index in [9.17, 15) is 14.0 Å². The summed E-state index contributed by atoms with van der Waals surface area (Å²) in [5.41, 5.74) is -0.517. The molecule has 0 saturated carbocycles. The molecule has 0 spiro atoms. The van der Waals surface area contributed by atoms with Crippen LogP contribution >= 0.6 is 0 Å². The van der Waals surface area contributed by atoms with Gasteiger partial charge in [-0.3, -0.25) is 4.79 Å². The van der Waals surface area contributed by atoms with Crippen LogP contribution in [0, 0.1) is 5.82 Å². The first-order valence-electron chi connectivity index (χ1n) is 6.15. The molecule has 0 aromatic heterocycles. The van der Waals surface area contributed by atoms with Crippen LogP contribution in [-0.4, -0.2) is 29.6 Å². The Bertz CT molecular complexity index is 499. The van der Waals surface area contributed by atoms with Gasteiger partial charge in [-0.1, -0.05) is 12.5 Å². The second kappa shape index (κ2) is 5.79. The van der Waals surface area contributed by atoms with Gasteiger partial charge in [0.25, 0.3) is 0 Å². The number of hydrogen-bond donors (Lipinski definition) is 3. The van der Waals surface area contributed by atoms with Gasteiger partial charge in [-0.25, -0.2) is 9.18 Å². The molecule has 102 valence electrons. The van der Waals surface area contributed by atoms with Gasteiger partial charge in [0.2, 0.25) is 5.91 Å². The Morgan fingerprint density at radius 3 is 2.79 bits per heavy atom. The first kappa shape index (κ1) is 13.5. The number of nitrogens with one attached hydrogen (secondary N) is 2. The molecule has 1 aromatic rings. The minimum Gasteiger partial charge on any atom is -0.478 e. The number of rotatable bonds is 3. The molecule has 0 aliphatic carbocycles. The average Bonchev–Trinajstić information content (AvgIpc) is 2.39. The number of carboxylic acids is 1. The van der Waals surface area contributed by atoms with Crippen molar-refractivity contribution in [1.82, 2.24) is 5.32 Å². The first-order valence-corrected chi connectivity index (χ1v) is 6.15. The molecule has 1 atom stereocenters. The molecule has 2 rings (SSSR count). The molecule has 1 saturated heterocycles. The number of benzene rings is 1. The summed E-state index contributed by atoms with van der Waals surface area (Å²) in [6.45, 7) is 0.757. The van der Waals surface area contributed by atoms with Crippen LogP contribution in [0.2, 0.25) is 0 Å². The predicted molar refractivity (Wildman–Crippen MR) is 67.6 cm³/mol. The Labute approximate surface area is 109 Å². The second-order valence-corrected chi connectivity index (χ2v) is 4.46. The van der Waals surface area contributed by atoms with Crippen LogP contribution in [0.1, 0.15) is 29.6 Å². The van der Waals surface area contributed by atoms with Crippen molar-refractivity contribution in [2.45, 2.75) is 25.3 Å². The van der Waals surface area contributed by atoms with Crippen molar-refractivity contribution in [3.05, 3.63) is 29.6 Å². The quantitative estimate of drug-likeness (QED) is 0.776. The molecule has 1 aliphatic rings. The third kappa shape index (κ3) is 3.08. The lowest BCUT2D eigenvalue weighted by atomic mass is 10.0. The third-order valence-corrected chi connectivity index (χ3v) is 3.11. The monoisotopic (exact) mass is 266 g/mol. The van der Waals surface area contributed by atoms with E-state index in [1.807, 2.05) is 0 Å². The smallest absolute Gasteiger partial charge is 0.340 e. The summed E-state index contributed by atoms with van der Waals surface area (Å²) in [6.07, 6.45) is 2.66. The SMILES string of the molecule is O=C(O)c1c(F)cccc1NC(=O)[C@@H]1CCCCN1. The number of hydrogen-bond acceptors (Lipinski definition) is 3. The van der Waals surface area contributed by atoms with E-state index in [0.29, 0.717) is 6.42 Å². The fraction of sp³-hybridized carbons (Fsp3) is 0.385. The highest BCUT2D eigenvalue weighted by Crippen LogP contribution is 2.20. The molecule has 1 fully saturated rings. The van der Waals surface area contributed by atoms with Crippen molar-refractivity contribution in [2.24, 2.45) is 0 Å². The van der Waals surface area contributed by atoms with Crippen molar-refractivity contribution in [2.75, 3.05) is 11.9 Å². The van der Waals surface area contributed by atoms with Crippen LogP contribution < -0.4 is 10.6 Å². The fourth-order valence-electron chi connectivity index (χ4n) is 2.14. The van der Waals surface area contributed by atoms with Crippen molar-refractivity contribution in [3.8, 4) is 0 Å². The summed E-state index contributed by atoms with van der Waals surface area (Å²) < 4.78 is 13.4. The number of carbonyl (C=O) groups excluding carboxylic acids is 1. The maximum atomic E-state index is 13.4. The van der Waals surface area contributed by atoms with Crippen LogP contribution in [0.5, 0.6) is 0 Å². The van der Waals surface area contributed by atoms with Crippen LogP contribution in [0.15, 0.2) is 18.2 Å². The van der Waals surface area contributed by atoms with Gasteiger partial charge < -0.3 is 15.7 Å². The molecule has 3 N–H and O–H groups in total. The van der Waals surface area contributed by atoms with E-state index in [1.54, 1.807) is 0 Å². The van der Waals surface area contributed by atoms with E-state index in [2.05, 4.69) is 10.6 Å². The molecule has 5 nitrogen and oxygen atoms in total. The van der Waals surface area contributed by atoms with E-state index in [4.69, 9.17) is 5.11 Å². The fourth-order valence-corrected chi connectivity index (χ4v) is 2.14. The summed E-state index contributed by atoms with van der Waals surface area (Å²) in [5.74, 6) is -2.58. The lowest BCUT2D eigenvalue weighted by Gasteiger charge is -2.22. The molecular weight excluding hydrogens is 251 g/mol. The van der Waals surface area contributed by atoms with Crippen molar-refractivity contribution >= 4 is 17.6 Å². The number of carbonyl (C=O) groups is 2. The number of amides is 1. The molecule has 1 aliphatic heterocycles. The standard InChI is InChI=1S/C13H15FN2O3/c14-8-4-3-6-9(11(8)13(18)19)16-12(17)10-5-1-2-7-15-10/h3-4,6,10,15H,1-2,5,7H2,(H,16,17)(H,18,19)/t10-/m0/s1. The Morgan fingerprint density at radius 2 is 2.16 bits per heavy atom. The highest BCUT2D eigenvalue weighted by Gasteiger charge is 2.23. The molecule has 1 aromatic carbocycles. The van der Waals surface area contributed by atoms with Crippen molar-refractivity contribution in [1.29, 1.82) is 0 Å². The summed E-state index contributed by atoms with van der Waals surface area (Å²) in [4.78, 5) is 23.0. The van der Waals surface area contributed by atoms with Gasteiger partial charge in [-0.2, -0.15) is 0 Å². The Morgan fingerprint density at radius 1 is 1.37 bits per heavy atom. The minimum atomic E-state index is -1.40. The summed E-state index contributed by atoms with van der Waals surface area (Å²) in [6, 6.07) is 3.45. The number of halogens is 1. The van der Waals surface area contributed by atoms with Crippen LogP contribution in [-0.2, 0) is 4.79 Å². The number of aromatic carboxylic acids is 1. The van der Waals surface area contributed by atoms with Gasteiger partial charge in [-0.05, 0) is 31.5 Å². The van der Waals surface area contributed by atoms with Crippen LogP contribution in [0.3, 0.4) is 0 Å². The molecule has 19 heavy (non-hydrogen) atoms. The van der Waals surface area contributed by atoms with E-state index < -0.39 is 17.3 Å². The van der Waals surface area contributed by atoms with Gasteiger partial charge in [0.15, 0.2) is 0 Å². The normalized spacial score (nSPS) is 18.9. The number of piperidine rings is 1. The van der Waals surface area contributed by atoms with Gasteiger partial charge in [0.05, 0.1) is 11.7 Å². The summed E-state index contributed by atoms with van der Waals surface area (Å²) >= 11 is 0. The number of anilines is 1. The largest absolute Gasteiger partial charge is 0.478 e. The van der Waals surface area contributed by atoms with Gasteiger partial charge >= 0.3 is 5.97 Å². The highest BCUT2D eigenvalue weighted by molar-refractivity contribution is 6.02. The number of carboxylic acid groups (broad SMARTS) is 1. The third-order valence-electron chi connectivity index (χ3n) is 3.11. The molecular formula is C13H15FN2O3. The molecule has 0 radical (unpaired) electrons. The summed E-state index contributed by atoms with van der Waals surface area (Å²) in [5, 5.41) is 14.5. The first-order chi connectivity index (χ1) is 9.09. The lowest BCUT2D eigenvalue weighted by molar-refractivity contribution is -0.118. The minimum absolute atomic E-state index is 0.00938. The molecule has 6 heteroatoms. The predicted octanol–water partition coefficient (Wildman–Crippen LogP) is 1.60. The highest BCUT2D eigenvalue weighted by atomic mass is 19.1.